The van der Waals surface area contributed by atoms with Crippen LogP contribution in [0.4, 0.5) is 0 Å². The van der Waals surface area contributed by atoms with E-state index < -0.39 is 5.60 Å². The van der Waals surface area contributed by atoms with Gasteiger partial charge in [0.15, 0.2) is 0 Å². The lowest BCUT2D eigenvalue weighted by molar-refractivity contribution is 0.00973. The van der Waals surface area contributed by atoms with Gasteiger partial charge in [-0.15, -0.1) is 0 Å². The van der Waals surface area contributed by atoms with E-state index in [0.717, 1.165) is 0 Å². The molecule has 0 spiro atoms. The summed E-state index contributed by atoms with van der Waals surface area (Å²) in [5.41, 5.74) is -0.510. The number of methoxy groups -OCH3 is 1. The van der Waals surface area contributed by atoms with Crippen molar-refractivity contribution in [3.63, 3.8) is 0 Å². The van der Waals surface area contributed by atoms with Gasteiger partial charge in [-0.3, -0.25) is 0 Å². The Labute approximate surface area is 96.6 Å². The molecule has 0 saturated heterocycles. The molecule has 1 heterocycles. The Balaban J connectivity index is 2.87. The van der Waals surface area contributed by atoms with Crippen LogP contribution in [0.5, 0.6) is 0 Å². The van der Waals surface area contributed by atoms with Gasteiger partial charge in [-0.25, -0.2) is 0 Å². The van der Waals surface area contributed by atoms with Crippen LogP contribution in [-0.2, 0) is 10.3 Å². The lowest BCUT2D eigenvalue weighted by Crippen LogP contribution is -2.27. The highest BCUT2D eigenvalue weighted by molar-refractivity contribution is 5.01. The van der Waals surface area contributed by atoms with Crippen molar-refractivity contribution in [2.24, 2.45) is 0 Å². The van der Waals surface area contributed by atoms with Crippen LogP contribution in [-0.4, -0.2) is 30.3 Å². The zero-order valence-electron chi connectivity index (χ0n) is 10.9. The summed E-state index contributed by atoms with van der Waals surface area (Å²) in [7, 11) is 3.55. The third-order valence-corrected chi connectivity index (χ3v) is 3.09. The summed E-state index contributed by atoms with van der Waals surface area (Å²) in [6.45, 7) is 7.95. The fourth-order valence-electron chi connectivity index (χ4n) is 1.22. The maximum atomic E-state index is 5.30. The Morgan fingerprint density at radius 1 is 1.38 bits per heavy atom. The summed E-state index contributed by atoms with van der Waals surface area (Å²) in [5.74, 6) is 1.40. The molecule has 2 atom stereocenters. The molecule has 0 aliphatic carbocycles. The molecule has 16 heavy (non-hydrogen) atoms. The molecule has 0 aliphatic heterocycles. The van der Waals surface area contributed by atoms with Crippen LogP contribution in [0.1, 0.15) is 45.3 Å². The van der Waals surface area contributed by atoms with Crippen molar-refractivity contribution in [2.75, 3.05) is 14.2 Å². The topological polar surface area (TPSA) is 60.2 Å². The standard InChI is InChI=1S/C11H21N3O2/c1-7(8(2)12-5)9-13-10(14-16-9)11(3,4)15-6/h7-8,12H,1-6H3. The van der Waals surface area contributed by atoms with Gasteiger partial charge >= 0.3 is 0 Å². The summed E-state index contributed by atoms with van der Waals surface area (Å²) in [6.07, 6.45) is 0. The van der Waals surface area contributed by atoms with E-state index in [1.54, 1.807) is 7.11 Å². The van der Waals surface area contributed by atoms with Crippen molar-refractivity contribution in [1.29, 1.82) is 0 Å². The van der Waals surface area contributed by atoms with Crippen LogP contribution < -0.4 is 5.32 Å². The molecule has 0 radical (unpaired) electrons. The zero-order chi connectivity index (χ0) is 12.3. The van der Waals surface area contributed by atoms with Gasteiger partial charge in [0, 0.05) is 13.2 Å². The molecule has 5 nitrogen and oxygen atoms in total. The van der Waals surface area contributed by atoms with Crippen molar-refractivity contribution in [3.05, 3.63) is 11.7 Å². The SMILES string of the molecule is CNC(C)C(C)c1nc(C(C)(C)OC)no1. The third-order valence-electron chi connectivity index (χ3n) is 3.09. The van der Waals surface area contributed by atoms with E-state index in [9.17, 15) is 0 Å². The number of hydrogen-bond acceptors (Lipinski definition) is 5. The van der Waals surface area contributed by atoms with Crippen LogP contribution in [0.25, 0.3) is 0 Å². The molecule has 0 aromatic carbocycles. The number of hydrogen-bond donors (Lipinski definition) is 1. The summed E-state index contributed by atoms with van der Waals surface area (Å²) >= 11 is 0. The van der Waals surface area contributed by atoms with Crippen molar-refractivity contribution in [1.82, 2.24) is 15.5 Å². The summed E-state index contributed by atoms with van der Waals surface area (Å²) in [6, 6.07) is 0.291. The minimum absolute atomic E-state index is 0.180. The first kappa shape index (κ1) is 13.1. The van der Waals surface area contributed by atoms with E-state index >= 15 is 0 Å². The van der Waals surface area contributed by atoms with Crippen LogP contribution >= 0.6 is 0 Å². The summed E-state index contributed by atoms with van der Waals surface area (Å²) in [4.78, 5) is 4.38. The maximum Gasteiger partial charge on any atom is 0.231 e. The number of ether oxygens (including phenoxy) is 1. The highest BCUT2D eigenvalue weighted by atomic mass is 16.5. The summed E-state index contributed by atoms with van der Waals surface area (Å²) < 4.78 is 10.6. The van der Waals surface area contributed by atoms with Gasteiger partial charge in [0.2, 0.25) is 11.7 Å². The second kappa shape index (κ2) is 4.93. The van der Waals surface area contributed by atoms with Gasteiger partial charge in [0.05, 0.1) is 5.92 Å². The maximum absolute atomic E-state index is 5.30. The molecular weight excluding hydrogens is 206 g/mol. The number of nitrogens with zero attached hydrogens (tertiary/aromatic N) is 2. The molecule has 0 aliphatic rings. The molecule has 0 amide bonds. The fraction of sp³-hybridized carbons (Fsp3) is 0.818. The average molecular weight is 227 g/mol. The molecule has 0 fully saturated rings. The Morgan fingerprint density at radius 3 is 2.50 bits per heavy atom. The minimum Gasteiger partial charge on any atom is -0.371 e. The number of aromatic nitrogens is 2. The van der Waals surface area contributed by atoms with Crippen LogP contribution in [0.15, 0.2) is 4.52 Å². The summed E-state index contributed by atoms with van der Waals surface area (Å²) in [5, 5.41) is 7.12. The van der Waals surface area contributed by atoms with Crippen LogP contribution in [0.3, 0.4) is 0 Å². The van der Waals surface area contributed by atoms with E-state index in [1.165, 1.54) is 0 Å². The zero-order valence-corrected chi connectivity index (χ0v) is 10.9. The van der Waals surface area contributed by atoms with Gasteiger partial charge in [0.25, 0.3) is 0 Å². The average Bonchev–Trinajstić information content (AvgIpc) is 2.76. The second-order valence-electron chi connectivity index (χ2n) is 4.54. The Morgan fingerprint density at radius 2 is 2.00 bits per heavy atom. The van der Waals surface area contributed by atoms with E-state index in [0.29, 0.717) is 17.8 Å². The van der Waals surface area contributed by atoms with Crippen LogP contribution in [0.2, 0.25) is 0 Å². The molecule has 0 bridgehead atoms. The van der Waals surface area contributed by atoms with Crippen molar-refractivity contribution in [3.8, 4) is 0 Å². The largest absolute Gasteiger partial charge is 0.371 e. The van der Waals surface area contributed by atoms with E-state index in [2.05, 4.69) is 29.3 Å². The molecule has 1 aromatic heterocycles. The van der Waals surface area contributed by atoms with E-state index in [4.69, 9.17) is 9.26 Å². The monoisotopic (exact) mass is 227 g/mol. The minimum atomic E-state index is -0.510. The van der Waals surface area contributed by atoms with Crippen molar-refractivity contribution < 1.29 is 9.26 Å². The van der Waals surface area contributed by atoms with Crippen LogP contribution in [0, 0.1) is 0 Å². The lowest BCUT2D eigenvalue weighted by Gasteiger charge is -2.18. The first-order valence-corrected chi connectivity index (χ1v) is 5.49. The first-order valence-electron chi connectivity index (χ1n) is 5.49. The molecule has 1 N–H and O–H groups in total. The quantitative estimate of drug-likeness (QED) is 0.829. The predicted molar refractivity (Wildman–Crippen MR) is 61.3 cm³/mol. The number of likely N-dealkylation sites (N-methyl/N-ethyl adjacent to an activating group) is 1. The highest BCUT2D eigenvalue weighted by Crippen LogP contribution is 2.24. The van der Waals surface area contributed by atoms with Crippen molar-refractivity contribution >= 4 is 0 Å². The molecule has 92 valence electrons. The Bertz CT molecular complexity index is 336. The molecule has 1 aromatic rings. The number of rotatable bonds is 5. The fourth-order valence-corrected chi connectivity index (χ4v) is 1.22. The van der Waals surface area contributed by atoms with E-state index in [-0.39, 0.29) is 5.92 Å². The van der Waals surface area contributed by atoms with Crippen molar-refractivity contribution in [2.45, 2.75) is 45.3 Å². The molecular formula is C11H21N3O2. The van der Waals surface area contributed by atoms with Gasteiger partial charge in [0.1, 0.15) is 5.60 Å². The lowest BCUT2D eigenvalue weighted by atomic mass is 10.0. The van der Waals surface area contributed by atoms with Gasteiger partial charge < -0.3 is 14.6 Å². The highest BCUT2D eigenvalue weighted by Gasteiger charge is 2.28. The molecule has 5 heteroatoms. The Kier molecular flexibility index (Phi) is 4.04. The Hall–Kier alpha value is -0.940. The third kappa shape index (κ3) is 2.59. The molecule has 0 saturated carbocycles. The van der Waals surface area contributed by atoms with Gasteiger partial charge in [-0.2, -0.15) is 4.98 Å². The molecule has 1 rings (SSSR count). The first-order chi connectivity index (χ1) is 7.42. The van der Waals surface area contributed by atoms with E-state index in [1.807, 2.05) is 20.9 Å². The molecule has 2 unspecified atom stereocenters. The normalized spacial score (nSPS) is 16.1. The van der Waals surface area contributed by atoms with Gasteiger partial charge in [-0.1, -0.05) is 12.1 Å². The second-order valence-corrected chi connectivity index (χ2v) is 4.54. The number of nitrogens with one attached hydrogen (secondary N) is 1. The van der Waals surface area contributed by atoms with Gasteiger partial charge in [-0.05, 0) is 27.8 Å². The smallest absolute Gasteiger partial charge is 0.231 e. The predicted octanol–water partition coefficient (Wildman–Crippen LogP) is 1.66.